The lowest BCUT2D eigenvalue weighted by atomic mass is 10.1. The average molecular weight is 398 g/mol. The minimum atomic E-state index is -0.926. The molecule has 1 atom stereocenters. The summed E-state index contributed by atoms with van der Waals surface area (Å²) in [5.41, 5.74) is 5.91. The van der Waals surface area contributed by atoms with Crippen LogP contribution in [0.15, 0.2) is 0 Å². The number of hydrogen-bond donors (Lipinski definition) is 2. The van der Waals surface area contributed by atoms with Crippen LogP contribution >= 0.6 is 0 Å². The van der Waals surface area contributed by atoms with Gasteiger partial charge in [-0.15, -0.1) is 0 Å². The summed E-state index contributed by atoms with van der Waals surface area (Å²) in [4.78, 5) is 38.0. The Bertz CT molecular complexity index is 456. The van der Waals surface area contributed by atoms with Crippen LogP contribution in [-0.4, -0.2) is 40.7 Å². The molecule has 0 saturated carbocycles. The molecule has 3 N–H and O–H groups in total. The Morgan fingerprint density at radius 3 is 1.71 bits per heavy atom. The SMILES string of the molecule is CCCCCCCCCCCC(=O)NC(=O)C[C@H](N)C(=O)N(C(C)C)C(C)C. The molecule has 6 nitrogen and oxygen atoms in total. The van der Waals surface area contributed by atoms with Gasteiger partial charge in [0.2, 0.25) is 17.7 Å². The van der Waals surface area contributed by atoms with Crippen molar-refractivity contribution in [3.05, 3.63) is 0 Å². The Morgan fingerprint density at radius 1 is 0.786 bits per heavy atom. The molecule has 0 aliphatic heterocycles. The molecule has 0 radical (unpaired) electrons. The largest absolute Gasteiger partial charge is 0.336 e. The van der Waals surface area contributed by atoms with Gasteiger partial charge in [0.15, 0.2) is 0 Å². The normalized spacial score (nSPS) is 12.3. The van der Waals surface area contributed by atoms with Crippen LogP contribution in [0.1, 0.15) is 105 Å². The standard InChI is InChI=1S/C22H43N3O3/c1-6-7-8-9-10-11-12-13-14-15-20(26)24-21(27)16-19(23)22(28)25(17(2)3)18(4)5/h17-19H,6-16,23H2,1-5H3,(H,24,26,27)/t19-/m0/s1. The lowest BCUT2D eigenvalue weighted by Gasteiger charge is -2.32. The smallest absolute Gasteiger partial charge is 0.240 e. The van der Waals surface area contributed by atoms with Crippen molar-refractivity contribution in [2.75, 3.05) is 0 Å². The average Bonchev–Trinajstić information content (AvgIpc) is 2.59. The third-order valence-corrected chi connectivity index (χ3v) is 4.88. The van der Waals surface area contributed by atoms with Gasteiger partial charge in [0, 0.05) is 18.5 Å². The van der Waals surface area contributed by atoms with Crippen LogP contribution in [0.3, 0.4) is 0 Å². The lowest BCUT2D eigenvalue weighted by molar-refractivity contribution is -0.139. The van der Waals surface area contributed by atoms with Crippen LogP contribution in [0.5, 0.6) is 0 Å². The first-order valence-corrected chi connectivity index (χ1v) is 11.1. The molecule has 6 heteroatoms. The number of nitrogens with one attached hydrogen (secondary N) is 1. The number of nitrogens with two attached hydrogens (primary N) is 1. The van der Waals surface area contributed by atoms with Crippen molar-refractivity contribution in [2.24, 2.45) is 5.73 Å². The lowest BCUT2D eigenvalue weighted by Crippen LogP contribution is -2.51. The Balaban J connectivity index is 3.99. The molecule has 0 saturated heterocycles. The highest BCUT2D eigenvalue weighted by atomic mass is 16.2. The maximum atomic E-state index is 12.4. The van der Waals surface area contributed by atoms with Gasteiger partial charge < -0.3 is 10.6 Å². The Kier molecular flexibility index (Phi) is 14.7. The first-order chi connectivity index (χ1) is 13.2. The van der Waals surface area contributed by atoms with Gasteiger partial charge in [-0.2, -0.15) is 0 Å². The summed E-state index contributed by atoms with van der Waals surface area (Å²) >= 11 is 0. The van der Waals surface area contributed by atoms with Gasteiger partial charge in [0.05, 0.1) is 12.5 Å². The summed E-state index contributed by atoms with van der Waals surface area (Å²) in [6, 6.07) is -0.907. The highest BCUT2D eigenvalue weighted by molar-refractivity contribution is 5.97. The van der Waals surface area contributed by atoms with Gasteiger partial charge in [-0.05, 0) is 34.1 Å². The van der Waals surface area contributed by atoms with E-state index >= 15 is 0 Å². The van der Waals surface area contributed by atoms with Crippen molar-refractivity contribution in [2.45, 2.75) is 123 Å². The molecule has 0 aliphatic rings. The fraction of sp³-hybridized carbons (Fsp3) is 0.864. The van der Waals surface area contributed by atoms with E-state index in [0.29, 0.717) is 6.42 Å². The minimum absolute atomic E-state index is 0.00916. The zero-order chi connectivity index (χ0) is 21.5. The van der Waals surface area contributed by atoms with Crippen LogP contribution in [0.4, 0.5) is 0 Å². The molecule has 0 heterocycles. The molecule has 0 aromatic carbocycles. The number of carbonyl (C=O) groups excluding carboxylic acids is 3. The van der Waals surface area contributed by atoms with E-state index in [1.54, 1.807) is 4.90 Å². The highest BCUT2D eigenvalue weighted by Gasteiger charge is 2.27. The summed E-state index contributed by atoms with van der Waals surface area (Å²) in [6.45, 7) is 9.88. The summed E-state index contributed by atoms with van der Waals surface area (Å²) in [5, 5.41) is 2.36. The van der Waals surface area contributed by atoms with E-state index in [9.17, 15) is 14.4 Å². The van der Waals surface area contributed by atoms with Crippen molar-refractivity contribution in [3.8, 4) is 0 Å². The third-order valence-electron chi connectivity index (χ3n) is 4.88. The van der Waals surface area contributed by atoms with Crippen molar-refractivity contribution >= 4 is 17.7 Å². The molecule has 0 bridgehead atoms. The molecule has 28 heavy (non-hydrogen) atoms. The van der Waals surface area contributed by atoms with Crippen molar-refractivity contribution < 1.29 is 14.4 Å². The summed E-state index contributed by atoms with van der Waals surface area (Å²) in [7, 11) is 0. The van der Waals surface area contributed by atoms with E-state index in [0.717, 1.165) is 19.3 Å². The first kappa shape index (κ1) is 26.6. The Hall–Kier alpha value is -1.43. The predicted octanol–water partition coefficient (Wildman–Crippen LogP) is 3.91. The predicted molar refractivity (Wildman–Crippen MR) is 115 cm³/mol. The van der Waals surface area contributed by atoms with Gasteiger partial charge >= 0.3 is 0 Å². The molecule has 3 amide bonds. The van der Waals surface area contributed by atoms with E-state index in [2.05, 4.69) is 12.2 Å². The molecular weight excluding hydrogens is 354 g/mol. The topological polar surface area (TPSA) is 92.5 Å². The molecule has 0 spiro atoms. The van der Waals surface area contributed by atoms with E-state index < -0.39 is 11.9 Å². The second-order valence-electron chi connectivity index (χ2n) is 8.29. The number of nitrogens with zero attached hydrogens (tertiary/aromatic N) is 1. The van der Waals surface area contributed by atoms with Gasteiger partial charge in [-0.1, -0.05) is 58.3 Å². The number of carbonyl (C=O) groups is 3. The molecule has 0 unspecified atom stereocenters. The Labute approximate surface area is 172 Å². The van der Waals surface area contributed by atoms with Gasteiger partial charge in [-0.3, -0.25) is 19.7 Å². The minimum Gasteiger partial charge on any atom is -0.336 e. The fourth-order valence-electron chi connectivity index (χ4n) is 3.45. The highest BCUT2D eigenvalue weighted by Crippen LogP contribution is 2.11. The number of unbranched alkanes of at least 4 members (excludes halogenated alkanes) is 8. The Morgan fingerprint density at radius 2 is 1.25 bits per heavy atom. The zero-order valence-electron chi connectivity index (χ0n) is 18.8. The summed E-state index contributed by atoms with van der Waals surface area (Å²) in [5.74, 6) is -1.02. The van der Waals surface area contributed by atoms with Crippen LogP contribution < -0.4 is 11.1 Å². The number of hydrogen-bond acceptors (Lipinski definition) is 4. The van der Waals surface area contributed by atoms with Crippen molar-refractivity contribution in [1.29, 1.82) is 0 Å². The van der Waals surface area contributed by atoms with Gasteiger partial charge in [0.25, 0.3) is 0 Å². The number of amides is 3. The molecular formula is C22H43N3O3. The number of rotatable bonds is 15. The molecule has 0 rings (SSSR count). The summed E-state index contributed by atoms with van der Waals surface area (Å²) in [6.07, 6.45) is 10.8. The number of imide groups is 1. The molecule has 0 fully saturated rings. The quantitative estimate of drug-likeness (QED) is 0.410. The van der Waals surface area contributed by atoms with Crippen LogP contribution in [0.2, 0.25) is 0 Å². The maximum absolute atomic E-state index is 12.4. The molecule has 164 valence electrons. The van der Waals surface area contributed by atoms with Crippen molar-refractivity contribution in [1.82, 2.24) is 10.2 Å². The molecule has 0 aliphatic carbocycles. The van der Waals surface area contributed by atoms with Crippen LogP contribution in [0.25, 0.3) is 0 Å². The van der Waals surface area contributed by atoms with E-state index in [1.807, 2.05) is 27.7 Å². The molecule has 0 aromatic rings. The van der Waals surface area contributed by atoms with Gasteiger partial charge in [-0.25, -0.2) is 0 Å². The van der Waals surface area contributed by atoms with Crippen LogP contribution in [-0.2, 0) is 14.4 Å². The first-order valence-electron chi connectivity index (χ1n) is 11.1. The van der Waals surface area contributed by atoms with Crippen molar-refractivity contribution in [3.63, 3.8) is 0 Å². The summed E-state index contributed by atoms with van der Waals surface area (Å²) < 4.78 is 0. The molecule has 0 aromatic heterocycles. The van der Waals surface area contributed by atoms with E-state index in [-0.39, 0.29) is 30.3 Å². The second-order valence-corrected chi connectivity index (χ2v) is 8.29. The fourth-order valence-corrected chi connectivity index (χ4v) is 3.45. The monoisotopic (exact) mass is 397 g/mol. The third kappa shape index (κ3) is 12.1. The van der Waals surface area contributed by atoms with Gasteiger partial charge in [0.1, 0.15) is 0 Å². The van der Waals surface area contributed by atoms with E-state index in [4.69, 9.17) is 5.73 Å². The second kappa shape index (κ2) is 15.5. The zero-order valence-corrected chi connectivity index (χ0v) is 18.8. The van der Waals surface area contributed by atoms with Crippen LogP contribution in [0, 0.1) is 0 Å². The maximum Gasteiger partial charge on any atom is 0.240 e. The van der Waals surface area contributed by atoms with E-state index in [1.165, 1.54) is 38.5 Å².